The van der Waals surface area contributed by atoms with Gasteiger partial charge in [0.2, 0.25) is 0 Å². The molecule has 0 aliphatic carbocycles. The summed E-state index contributed by atoms with van der Waals surface area (Å²) in [6.45, 7) is 5.02. The highest BCUT2D eigenvalue weighted by Gasteiger charge is 2.18. The topological polar surface area (TPSA) is 38.1 Å². The highest BCUT2D eigenvalue weighted by atomic mass is 16.3. The Bertz CT molecular complexity index is 685. The Morgan fingerprint density at radius 2 is 2.05 bits per heavy atom. The lowest BCUT2D eigenvalue weighted by Gasteiger charge is -2.15. The zero-order chi connectivity index (χ0) is 13.9. The molecule has 3 rings (SSSR count). The Morgan fingerprint density at radius 3 is 2.80 bits per heavy atom. The van der Waals surface area contributed by atoms with Gasteiger partial charge in [-0.2, -0.15) is 0 Å². The van der Waals surface area contributed by atoms with E-state index in [0.717, 1.165) is 34.4 Å². The Labute approximate surface area is 118 Å². The summed E-state index contributed by atoms with van der Waals surface area (Å²) < 4.78 is 5.99. The number of furan rings is 1. The molecule has 0 saturated carbocycles. The van der Waals surface area contributed by atoms with Crippen molar-refractivity contribution in [3.05, 3.63) is 65.7 Å². The second-order valence-electron chi connectivity index (χ2n) is 4.97. The number of nitrogens with zero attached hydrogens (tertiary/aromatic N) is 1. The molecule has 0 bridgehead atoms. The predicted molar refractivity (Wildman–Crippen MR) is 80.7 cm³/mol. The van der Waals surface area contributed by atoms with Crippen molar-refractivity contribution in [2.45, 2.75) is 19.9 Å². The summed E-state index contributed by atoms with van der Waals surface area (Å²) in [4.78, 5) is 4.29. The maximum absolute atomic E-state index is 5.99. The number of nitrogens with one attached hydrogen (secondary N) is 1. The molecule has 3 aromatic rings. The smallest absolute Gasteiger partial charge is 0.134 e. The van der Waals surface area contributed by atoms with Crippen LogP contribution in [0.5, 0.6) is 0 Å². The summed E-state index contributed by atoms with van der Waals surface area (Å²) in [5.41, 5.74) is 3.21. The average molecular weight is 266 g/mol. The van der Waals surface area contributed by atoms with Crippen LogP contribution in [-0.2, 0) is 0 Å². The van der Waals surface area contributed by atoms with Gasteiger partial charge in [-0.25, -0.2) is 0 Å². The minimum atomic E-state index is 0.0415. The first-order chi connectivity index (χ1) is 9.78. The number of aryl methyl sites for hydroxylation is 1. The molecule has 3 nitrogen and oxygen atoms in total. The van der Waals surface area contributed by atoms with Crippen molar-refractivity contribution in [3.8, 4) is 0 Å². The largest absolute Gasteiger partial charge is 0.459 e. The predicted octanol–water partition coefficient (Wildman–Crippen LogP) is 3.84. The third kappa shape index (κ3) is 2.45. The normalized spacial score (nSPS) is 12.7. The number of benzene rings is 1. The molecule has 2 aromatic heterocycles. The van der Waals surface area contributed by atoms with E-state index in [1.165, 1.54) is 0 Å². The maximum Gasteiger partial charge on any atom is 0.134 e. The molecule has 1 unspecified atom stereocenters. The first kappa shape index (κ1) is 12.9. The first-order valence-corrected chi connectivity index (χ1v) is 6.91. The minimum absolute atomic E-state index is 0.0415. The average Bonchev–Trinajstić information content (AvgIpc) is 2.88. The molecule has 0 aliphatic heterocycles. The van der Waals surface area contributed by atoms with Crippen molar-refractivity contribution >= 4 is 11.0 Å². The fourth-order valence-electron chi connectivity index (χ4n) is 2.47. The van der Waals surface area contributed by atoms with E-state index >= 15 is 0 Å². The summed E-state index contributed by atoms with van der Waals surface area (Å²) in [7, 11) is 0. The molecule has 0 fully saturated rings. The lowest BCUT2D eigenvalue weighted by molar-refractivity contribution is 0.476. The molecule has 0 saturated heterocycles. The van der Waals surface area contributed by atoms with E-state index < -0.39 is 0 Å². The number of hydrogen-bond acceptors (Lipinski definition) is 3. The van der Waals surface area contributed by atoms with E-state index in [0.29, 0.717) is 0 Å². The van der Waals surface area contributed by atoms with Gasteiger partial charge in [0.25, 0.3) is 0 Å². The number of para-hydroxylation sites is 1. The molecule has 102 valence electrons. The van der Waals surface area contributed by atoms with Crippen molar-refractivity contribution in [1.82, 2.24) is 10.3 Å². The van der Waals surface area contributed by atoms with E-state index in [1.54, 1.807) is 0 Å². The van der Waals surface area contributed by atoms with Crippen LogP contribution in [-0.4, -0.2) is 11.5 Å². The molecule has 1 N–H and O–H groups in total. The Kier molecular flexibility index (Phi) is 3.52. The van der Waals surface area contributed by atoms with Gasteiger partial charge in [0.1, 0.15) is 11.3 Å². The third-order valence-electron chi connectivity index (χ3n) is 3.37. The molecule has 2 heterocycles. The van der Waals surface area contributed by atoms with E-state index in [-0.39, 0.29) is 6.04 Å². The van der Waals surface area contributed by atoms with Gasteiger partial charge in [-0.3, -0.25) is 4.98 Å². The van der Waals surface area contributed by atoms with Crippen LogP contribution in [0.1, 0.15) is 29.9 Å². The van der Waals surface area contributed by atoms with Gasteiger partial charge in [-0.1, -0.05) is 31.2 Å². The Hall–Kier alpha value is -2.13. The molecular weight excluding hydrogens is 248 g/mol. The number of fused-ring (bicyclic) bond motifs is 1. The molecule has 0 radical (unpaired) electrons. The van der Waals surface area contributed by atoms with Crippen LogP contribution in [0.2, 0.25) is 0 Å². The van der Waals surface area contributed by atoms with Gasteiger partial charge in [0.05, 0.1) is 6.04 Å². The summed E-state index contributed by atoms with van der Waals surface area (Å²) in [5.74, 6) is 0.931. The van der Waals surface area contributed by atoms with Crippen molar-refractivity contribution in [2.75, 3.05) is 6.54 Å². The molecule has 1 aromatic carbocycles. The number of aromatic nitrogens is 1. The summed E-state index contributed by atoms with van der Waals surface area (Å²) >= 11 is 0. The van der Waals surface area contributed by atoms with Crippen molar-refractivity contribution < 1.29 is 4.42 Å². The second kappa shape index (κ2) is 5.47. The van der Waals surface area contributed by atoms with Crippen LogP contribution in [0.4, 0.5) is 0 Å². The van der Waals surface area contributed by atoms with Crippen LogP contribution < -0.4 is 5.32 Å². The molecule has 20 heavy (non-hydrogen) atoms. The lowest BCUT2D eigenvalue weighted by Crippen LogP contribution is -2.21. The zero-order valence-electron chi connectivity index (χ0n) is 11.8. The van der Waals surface area contributed by atoms with E-state index in [2.05, 4.69) is 42.3 Å². The molecule has 0 amide bonds. The van der Waals surface area contributed by atoms with E-state index in [9.17, 15) is 0 Å². The van der Waals surface area contributed by atoms with E-state index in [1.807, 2.05) is 30.6 Å². The van der Waals surface area contributed by atoms with Gasteiger partial charge in [0, 0.05) is 17.8 Å². The molecule has 1 atom stereocenters. The maximum atomic E-state index is 5.99. The van der Waals surface area contributed by atoms with Crippen LogP contribution in [0.25, 0.3) is 11.0 Å². The van der Waals surface area contributed by atoms with Crippen molar-refractivity contribution in [1.29, 1.82) is 0 Å². The van der Waals surface area contributed by atoms with Gasteiger partial charge in [-0.15, -0.1) is 0 Å². The molecule has 0 spiro atoms. The Balaban J connectivity index is 2.05. The van der Waals surface area contributed by atoms with Crippen LogP contribution >= 0.6 is 0 Å². The third-order valence-corrected chi connectivity index (χ3v) is 3.37. The molecule has 3 heteroatoms. The summed E-state index contributed by atoms with van der Waals surface area (Å²) in [6.07, 6.45) is 3.76. The van der Waals surface area contributed by atoms with E-state index in [4.69, 9.17) is 4.42 Å². The standard InChI is InChI=1S/C17H18N2O/c1-3-19-17(14-8-12(2)10-18-11-14)16-9-13-6-4-5-7-15(13)20-16/h4-11,17,19H,3H2,1-2H3. The van der Waals surface area contributed by atoms with Crippen molar-refractivity contribution in [2.24, 2.45) is 0 Å². The van der Waals surface area contributed by atoms with Crippen LogP contribution in [0.3, 0.4) is 0 Å². The highest BCUT2D eigenvalue weighted by molar-refractivity contribution is 5.77. The monoisotopic (exact) mass is 266 g/mol. The lowest BCUT2D eigenvalue weighted by atomic mass is 10.0. The summed E-state index contributed by atoms with van der Waals surface area (Å²) in [5, 5.41) is 4.60. The minimum Gasteiger partial charge on any atom is -0.459 e. The quantitative estimate of drug-likeness (QED) is 0.779. The molecular formula is C17H18N2O. The number of hydrogen-bond donors (Lipinski definition) is 1. The van der Waals surface area contributed by atoms with Crippen molar-refractivity contribution in [3.63, 3.8) is 0 Å². The number of rotatable bonds is 4. The number of pyridine rings is 1. The van der Waals surface area contributed by atoms with Gasteiger partial charge in [0.15, 0.2) is 0 Å². The van der Waals surface area contributed by atoms with Crippen LogP contribution in [0.15, 0.2) is 53.2 Å². The highest BCUT2D eigenvalue weighted by Crippen LogP contribution is 2.28. The van der Waals surface area contributed by atoms with Crippen LogP contribution in [0, 0.1) is 6.92 Å². The van der Waals surface area contributed by atoms with Gasteiger partial charge >= 0.3 is 0 Å². The first-order valence-electron chi connectivity index (χ1n) is 6.91. The Morgan fingerprint density at radius 1 is 1.20 bits per heavy atom. The summed E-state index contributed by atoms with van der Waals surface area (Å²) in [6, 6.07) is 12.4. The van der Waals surface area contributed by atoms with Gasteiger partial charge in [-0.05, 0) is 36.7 Å². The second-order valence-corrected chi connectivity index (χ2v) is 4.97. The zero-order valence-corrected chi connectivity index (χ0v) is 11.8. The van der Waals surface area contributed by atoms with Gasteiger partial charge < -0.3 is 9.73 Å². The fourth-order valence-corrected chi connectivity index (χ4v) is 2.47. The molecule has 0 aliphatic rings. The fraction of sp³-hybridized carbons (Fsp3) is 0.235. The SMILES string of the molecule is CCNC(c1cncc(C)c1)c1cc2ccccc2o1.